The number of nitrogens with zero attached hydrogens (tertiary/aromatic N) is 1. The Morgan fingerprint density at radius 3 is 2.56 bits per heavy atom. The second kappa shape index (κ2) is 7.87. The predicted molar refractivity (Wildman–Crippen MR) is 107 cm³/mol. The molecule has 0 amide bonds. The van der Waals surface area contributed by atoms with Gasteiger partial charge in [0, 0.05) is 15.1 Å². The van der Waals surface area contributed by atoms with E-state index in [4.69, 9.17) is 27.9 Å². The number of benzene rings is 2. The average Bonchev–Trinajstić information content (AvgIpc) is 3.01. The first-order valence-corrected chi connectivity index (χ1v) is 9.75. The van der Waals surface area contributed by atoms with Crippen molar-refractivity contribution in [1.82, 2.24) is 4.98 Å². The van der Waals surface area contributed by atoms with E-state index in [0.717, 1.165) is 20.5 Å². The van der Waals surface area contributed by atoms with Crippen molar-refractivity contribution < 1.29 is 9.53 Å². The second-order valence-corrected chi connectivity index (χ2v) is 7.81. The molecule has 1 heterocycles. The minimum atomic E-state index is -0.442. The van der Waals surface area contributed by atoms with Crippen LogP contribution in [0, 0.1) is 0 Å². The van der Waals surface area contributed by atoms with E-state index >= 15 is 0 Å². The van der Waals surface area contributed by atoms with Gasteiger partial charge in [-0.3, -0.25) is 0 Å². The molecule has 0 N–H and O–H groups in total. The molecule has 2 aromatic carbocycles. The van der Waals surface area contributed by atoms with Gasteiger partial charge >= 0.3 is 5.97 Å². The first-order valence-electron chi connectivity index (χ1n) is 7.39. The molecule has 3 aromatic rings. The lowest BCUT2D eigenvalue weighted by atomic mass is 10.1. The fraction of sp³-hybridized carbons (Fsp3) is 0.111. The number of hydrogen-bond acceptors (Lipinski definition) is 4. The molecule has 3 nitrogen and oxygen atoms in total. The highest BCUT2D eigenvalue weighted by atomic mass is 79.9. The van der Waals surface area contributed by atoms with Crippen molar-refractivity contribution >= 4 is 56.4 Å². The normalized spacial score (nSPS) is 10.7. The average molecular weight is 457 g/mol. The smallest absolute Gasteiger partial charge is 0.367 e. The highest BCUT2D eigenvalue weighted by Crippen LogP contribution is 2.40. The highest BCUT2D eigenvalue weighted by Gasteiger charge is 2.21. The molecular weight excluding hydrogens is 445 g/mol. The number of esters is 1. The van der Waals surface area contributed by atoms with E-state index in [0.29, 0.717) is 27.4 Å². The van der Waals surface area contributed by atoms with Crippen LogP contribution in [0.4, 0.5) is 0 Å². The van der Waals surface area contributed by atoms with Gasteiger partial charge in [-0.25, -0.2) is 9.78 Å². The summed E-state index contributed by atoms with van der Waals surface area (Å²) in [5, 5.41) is 1.31. The van der Waals surface area contributed by atoms with Gasteiger partial charge in [-0.1, -0.05) is 51.3 Å². The van der Waals surface area contributed by atoms with Crippen molar-refractivity contribution in [2.75, 3.05) is 6.61 Å². The molecule has 0 radical (unpaired) electrons. The van der Waals surface area contributed by atoms with E-state index in [1.54, 1.807) is 25.1 Å². The Morgan fingerprint density at radius 2 is 1.92 bits per heavy atom. The van der Waals surface area contributed by atoms with Crippen molar-refractivity contribution in [3.63, 3.8) is 0 Å². The van der Waals surface area contributed by atoms with Gasteiger partial charge in [-0.15, -0.1) is 11.3 Å². The van der Waals surface area contributed by atoms with Crippen LogP contribution < -0.4 is 0 Å². The minimum absolute atomic E-state index is 0.292. The summed E-state index contributed by atoms with van der Waals surface area (Å²) in [7, 11) is 0. The van der Waals surface area contributed by atoms with Gasteiger partial charge in [-0.2, -0.15) is 0 Å². The monoisotopic (exact) mass is 455 g/mol. The maximum atomic E-state index is 12.1. The third-order valence-electron chi connectivity index (χ3n) is 3.37. The van der Waals surface area contributed by atoms with Gasteiger partial charge < -0.3 is 4.74 Å². The molecule has 0 saturated carbocycles. The fourth-order valence-electron chi connectivity index (χ4n) is 2.26. The van der Waals surface area contributed by atoms with Crippen molar-refractivity contribution in [3.8, 4) is 21.7 Å². The summed E-state index contributed by atoms with van der Waals surface area (Å²) in [6, 6.07) is 13.0. The van der Waals surface area contributed by atoms with Crippen LogP contribution in [0.5, 0.6) is 0 Å². The molecule has 0 aliphatic carbocycles. The van der Waals surface area contributed by atoms with E-state index < -0.39 is 5.97 Å². The molecule has 0 atom stereocenters. The minimum Gasteiger partial charge on any atom is -0.461 e. The summed E-state index contributed by atoms with van der Waals surface area (Å²) < 4.78 is 6.05. The number of aromatic nitrogens is 1. The van der Waals surface area contributed by atoms with Crippen LogP contribution in [0.25, 0.3) is 21.7 Å². The van der Waals surface area contributed by atoms with Crippen LogP contribution in [0.15, 0.2) is 46.9 Å². The Kier molecular flexibility index (Phi) is 5.79. The number of carbonyl (C=O) groups excluding carboxylic acids is 1. The summed E-state index contributed by atoms with van der Waals surface area (Å²) in [4.78, 5) is 17.5. The summed E-state index contributed by atoms with van der Waals surface area (Å²) in [5.41, 5.74) is 2.30. The molecule has 0 spiro atoms. The molecular formula is C18H12BrCl2NO2S. The number of hydrogen-bond donors (Lipinski definition) is 0. The third-order valence-corrected chi connectivity index (χ3v) is 5.53. The molecule has 7 heteroatoms. The molecule has 1 aromatic heterocycles. The SMILES string of the molecule is CCOC(=O)c1nc(-c2ccc(Cl)cc2Cl)c(-c2ccc(Br)cc2)s1. The summed E-state index contributed by atoms with van der Waals surface area (Å²) in [6.45, 7) is 2.06. The Bertz CT molecular complexity index is 925. The van der Waals surface area contributed by atoms with Crippen molar-refractivity contribution in [1.29, 1.82) is 0 Å². The Balaban J connectivity index is 2.17. The van der Waals surface area contributed by atoms with E-state index in [9.17, 15) is 4.79 Å². The van der Waals surface area contributed by atoms with E-state index in [-0.39, 0.29) is 0 Å². The lowest BCUT2D eigenvalue weighted by Gasteiger charge is -2.05. The quantitative estimate of drug-likeness (QED) is 0.409. The molecule has 0 aliphatic rings. The maximum Gasteiger partial charge on any atom is 0.367 e. The number of carbonyl (C=O) groups is 1. The van der Waals surface area contributed by atoms with Gasteiger partial charge in [0.05, 0.1) is 22.2 Å². The van der Waals surface area contributed by atoms with Gasteiger partial charge in [-0.05, 0) is 42.8 Å². The largest absolute Gasteiger partial charge is 0.461 e. The molecule has 0 saturated heterocycles. The maximum absolute atomic E-state index is 12.1. The van der Waals surface area contributed by atoms with Crippen LogP contribution in [-0.2, 0) is 4.74 Å². The van der Waals surface area contributed by atoms with Gasteiger partial charge in [0.2, 0.25) is 5.01 Å². The molecule has 0 fully saturated rings. The van der Waals surface area contributed by atoms with Crippen LogP contribution >= 0.6 is 50.5 Å². The number of ether oxygens (including phenoxy) is 1. The van der Waals surface area contributed by atoms with E-state index in [2.05, 4.69) is 20.9 Å². The van der Waals surface area contributed by atoms with Gasteiger partial charge in [0.15, 0.2) is 0 Å². The van der Waals surface area contributed by atoms with Crippen molar-refractivity contribution in [2.45, 2.75) is 6.92 Å². The number of halogens is 3. The van der Waals surface area contributed by atoms with Gasteiger partial charge in [0.1, 0.15) is 0 Å². The highest BCUT2D eigenvalue weighted by molar-refractivity contribution is 9.10. The molecule has 0 bridgehead atoms. The van der Waals surface area contributed by atoms with Crippen LogP contribution in [0.3, 0.4) is 0 Å². The second-order valence-electron chi connectivity index (χ2n) is 5.05. The lowest BCUT2D eigenvalue weighted by molar-refractivity contribution is 0.0526. The molecule has 3 rings (SSSR count). The van der Waals surface area contributed by atoms with Crippen LogP contribution in [0.2, 0.25) is 10.0 Å². The summed E-state index contributed by atoms with van der Waals surface area (Å²) in [5.74, 6) is -0.442. The number of rotatable bonds is 4. The van der Waals surface area contributed by atoms with Crippen molar-refractivity contribution in [3.05, 3.63) is 62.0 Å². The summed E-state index contributed by atoms with van der Waals surface area (Å²) >= 11 is 17.1. The van der Waals surface area contributed by atoms with Crippen molar-refractivity contribution in [2.24, 2.45) is 0 Å². The zero-order chi connectivity index (χ0) is 18.0. The Morgan fingerprint density at radius 1 is 1.20 bits per heavy atom. The van der Waals surface area contributed by atoms with Gasteiger partial charge in [0.25, 0.3) is 0 Å². The number of thiazole rings is 1. The molecule has 0 aliphatic heterocycles. The predicted octanol–water partition coefficient (Wildman–Crippen LogP) is 6.72. The standard InChI is InChI=1S/C18H12BrCl2NO2S/c1-2-24-18(23)17-22-15(13-8-7-12(20)9-14(13)21)16(25-17)10-3-5-11(19)6-4-10/h3-9H,2H2,1H3. The zero-order valence-corrected chi connectivity index (χ0v) is 17.0. The zero-order valence-electron chi connectivity index (χ0n) is 13.1. The van der Waals surface area contributed by atoms with Crippen LogP contribution in [-0.4, -0.2) is 17.6 Å². The molecule has 25 heavy (non-hydrogen) atoms. The molecule has 128 valence electrons. The van der Waals surface area contributed by atoms with Crippen LogP contribution in [0.1, 0.15) is 16.7 Å². The van der Waals surface area contributed by atoms with E-state index in [1.165, 1.54) is 11.3 Å². The third kappa shape index (κ3) is 4.06. The summed E-state index contributed by atoms with van der Waals surface area (Å²) in [6.07, 6.45) is 0. The molecule has 0 unspecified atom stereocenters. The first kappa shape index (κ1) is 18.4. The Labute approximate surface area is 167 Å². The first-order chi connectivity index (χ1) is 12.0. The lowest BCUT2D eigenvalue weighted by Crippen LogP contribution is -2.03. The Hall–Kier alpha value is -1.40. The topological polar surface area (TPSA) is 39.2 Å². The fourth-order valence-corrected chi connectivity index (χ4v) is 4.00. The van der Waals surface area contributed by atoms with E-state index in [1.807, 2.05) is 24.3 Å².